The highest BCUT2D eigenvalue weighted by atomic mass is 35.5. The Hall–Kier alpha value is -1.88. The molecule has 1 aromatic heterocycles. The Bertz CT molecular complexity index is 659. The highest BCUT2D eigenvalue weighted by Gasteiger charge is 2.23. The second-order valence-corrected chi connectivity index (χ2v) is 6.18. The number of rotatable bonds is 4. The average molecular weight is 319 g/mol. The summed E-state index contributed by atoms with van der Waals surface area (Å²) in [6.07, 6.45) is 4.39. The van der Waals surface area contributed by atoms with Gasteiger partial charge in [0.15, 0.2) is 10.8 Å². The molecule has 0 atom stereocenters. The molecule has 0 radical (unpaired) electrons. The monoisotopic (exact) mass is 318 g/mol. The summed E-state index contributed by atoms with van der Waals surface area (Å²) in [5.41, 5.74) is 2.48. The Kier molecular flexibility index (Phi) is 4.43. The zero-order valence-electron chi connectivity index (χ0n) is 12.6. The maximum atomic E-state index is 12.2. The van der Waals surface area contributed by atoms with Crippen molar-refractivity contribution in [3.8, 4) is 0 Å². The van der Waals surface area contributed by atoms with Crippen LogP contribution in [0.2, 0.25) is 5.15 Å². The number of benzene rings is 1. The van der Waals surface area contributed by atoms with Crippen LogP contribution in [0, 0.1) is 6.92 Å². The van der Waals surface area contributed by atoms with Crippen LogP contribution in [-0.4, -0.2) is 26.9 Å². The molecule has 1 heterocycles. The first-order chi connectivity index (χ1) is 10.6. The van der Waals surface area contributed by atoms with Crippen molar-refractivity contribution < 1.29 is 4.79 Å². The third-order valence-electron chi connectivity index (χ3n) is 4.03. The summed E-state index contributed by atoms with van der Waals surface area (Å²) < 4.78 is 1.55. The van der Waals surface area contributed by atoms with Gasteiger partial charge in [0.1, 0.15) is 0 Å². The number of hydrogen-bond acceptors (Lipinski definition) is 3. The third kappa shape index (κ3) is 3.30. The van der Waals surface area contributed by atoms with Crippen LogP contribution in [0.25, 0.3) is 0 Å². The van der Waals surface area contributed by atoms with Crippen LogP contribution in [0.3, 0.4) is 0 Å². The largest absolute Gasteiger partial charge is 0.348 e. The van der Waals surface area contributed by atoms with Gasteiger partial charge in [-0.3, -0.25) is 4.79 Å². The molecule has 6 heteroatoms. The smallest absolute Gasteiger partial charge is 0.275 e. The number of carbonyl (C=O) groups is 1. The van der Waals surface area contributed by atoms with Gasteiger partial charge in [0.25, 0.3) is 5.91 Å². The fraction of sp³-hybridized carbons (Fsp3) is 0.438. The van der Waals surface area contributed by atoms with E-state index in [4.69, 9.17) is 11.6 Å². The highest BCUT2D eigenvalue weighted by Crippen LogP contribution is 2.20. The normalized spacial score (nSPS) is 15.2. The highest BCUT2D eigenvalue weighted by molar-refractivity contribution is 6.32. The van der Waals surface area contributed by atoms with Gasteiger partial charge in [-0.15, -0.1) is 5.10 Å². The van der Waals surface area contributed by atoms with Crippen LogP contribution in [0.1, 0.15) is 47.3 Å². The van der Waals surface area contributed by atoms with E-state index in [1.54, 1.807) is 4.68 Å². The lowest BCUT2D eigenvalue weighted by molar-refractivity contribution is 0.0933. The summed E-state index contributed by atoms with van der Waals surface area (Å²) >= 11 is 6.26. The number of aromatic nitrogens is 3. The Morgan fingerprint density at radius 3 is 2.68 bits per heavy atom. The SMILES string of the molecule is Cc1ccc(Cn2nnc(C(=O)NC3CCCC3)c2Cl)cc1. The molecule has 1 fully saturated rings. The van der Waals surface area contributed by atoms with E-state index in [9.17, 15) is 4.79 Å². The summed E-state index contributed by atoms with van der Waals surface area (Å²) in [6.45, 7) is 2.54. The average Bonchev–Trinajstić information content (AvgIpc) is 3.12. The van der Waals surface area contributed by atoms with Crippen molar-refractivity contribution in [2.24, 2.45) is 0 Å². The van der Waals surface area contributed by atoms with Gasteiger partial charge in [0.05, 0.1) is 6.54 Å². The van der Waals surface area contributed by atoms with Gasteiger partial charge < -0.3 is 5.32 Å². The van der Waals surface area contributed by atoms with Crippen molar-refractivity contribution in [2.75, 3.05) is 0 Å². The number of nitrogens with zero attached hydrogens (tertiary/aromatic N) is 3. The molecule has 116 valence electrons. The minimum Gasteiger partial charge on any atom is -0.348 e. The molecule has 2 aromatic rings. The molecule has 0 unspecified atom stereocenters. The minimum absolute atomic E-state index is 0.209. The maximum absolute atomic E-state index is 12.2. The molecule has 1 amide bonds. The molecule has 22 heavy (non-hydrogen) atoms. The van der Waals surface area contributed by atoms with E-state index in [0.717, 1.165) is 18.4 Å². The van der Waals surface area contributed by atoms with E-state index < -0.39 is 0 Å². The molecule has 0 saturated heterocycles. The molecule has 1 aliphatic carbocycles. The Labute approximate surface area is 134 Å². The fourth-order valence-corrected chi connectivity index (χ4v) is 2.95. The first kappa shape index (κ1) is 15.0. The second kappa shape index (κ2) is 6.48. The van der Waals surface area contributed by atoms with E-state index in [1.807, 2.05) is 31.2 Å². The molecule has 1 aromatic carbocycles. The van der Waals surface area contributed by atoms with Crippen LogP contribution < -0.4 is 5.32 Å². The molecule has 5 nitrogen and oxygen atoms in total. The quantitative estimate of drug-likeness (QED) is 0.942. The van der Waals surface area contributed by atoms with E-state index in [0.29, 0.717) is 6.54 Å². The summed E-state index contributed by atoms with van der Waals surface area (Å²) in [6, 6.07) is 8.35. The molecular formula is C16H19ClN4O. The van der Waals surface area contributed by atoms with E-state index >= 15 is 0 Å². The van der Waals surface area contributed by atoms with E-state index in [2.05, 4.69) is 15.6 Å². The van der Waals surface area contributed by atoms with Crippen LogP contribution in [0.4, 0.5) is 0 Å². The number of hydrogen-bond donors (Lipinski definition) is 1. The van der Waals surface area contributed by atoms with Gasteiger partial charge in [-0.05, 0) is 25.3 Å². The summed E-state index contributed by atoms with van der Waals surface area (Å²) in [5.74, 6) is -0.230. The van der Waals surface area contributed by atoms with E-state index in [1.165, 1.54) is 18.4 Å². The molecule has 0 spiro atoms. The number of aryl methyl sites for hydroxylation is 1. The zero-order chi connectivity index (χ0) is 15.5. The van der Waals surface area contributed by atoms with Gasteiger partial charge in [-0.25, -0.2) is 4.68 Å². The molecule has 0 aliphatic heterocycles. The van der Waals surface area contributed by atoms with Crippen molar-refractivity contribution >= 4 is 17.5 Å². The minimum atomic E-state index is -0.230. The van der Waals surface area contributed by atoms with Crippen molar-refractivity contribution in [1.29, 1.82) is 0 Å². The fourth-order valence-electron chi connectivity index (χ4n) is 2.73. The topological polar surface area (TPSA) is 59.8 Å². The second-order valence-electron chi connectivity index (χ2n) is 5.83. The molecule has 1 N–H and O–H groups in total. The Morgan fingerprint density at radius 2 is 2.00 bits per heavy atom. The number of carbonyl (C=O) groups excluding carboxylic acids is 1. The molecular weight excluding hydrogens is 300 g/mol. The van der Waals surface area contributed by atoms with Crippen molar-refractivity contribution in [2.45, 2.75) is 45.2 Å². The maximum Gasteiger partial charge on any atom is 0.275 e. The summed E-state index contributed by atoms with van der Waals surface area (Å²) in [4.78, 5) is 12.2. The molecule has 0 bridgehead atoms. The third-order valence-corrected chi connectivity index (χ3v) is 4.41. The van der Waals surface area contributed by atoms with E-state index in [-0.39, 0.29) is 22.8 Å². The number of amides is 1. The lowest BCUT2D eigenvalue weighted by Crippen LogP contribution is -2.33. The number of halogens is 1. The van der Waals surface area contributed by atoms with Crippen LogP contribution in [0.5, 0.6) is 0 Å². The molecule has 1 saturated carbocycles. The first-order valence-corrected chi connectivity index (χ1v) is 7.96. The molecule has 1 aliphatic rings. The lowest BCUT2D eigenvalue weighted by Gasteiger charge is -2.10. The van der Waals surface area contributed by atoms with Crippen molar-refractivity contribution in [3.05, 3.63) is 46.2 Å². The summed E-state index contributed by atoms with van der Waals surface area (Å²) in [5, 5.41) is 11.2. The van der Waals surface area contributed by atoms with Gasteiger partial charge in [-0.2, -0.15) is 0 Å². The van der Waals surface area contributed by atoms with Crippen molar-refractivity contribution in [1.82, 2.24) is 20.3 Å². The van der Waals surface area contributed by atoms with Gasteiger partial charge >= 0.3 is 0 Å². The van der Waals surface area contributed by atoms with Crippen molar-refractivity contribution in [3.63, 3.8) is 0 Å². The molecule has 3 rings (SSSR count). The van der Waals surface area contributed by atoms with Crippen LogP contribution in [-0.2, 0) is 6.54 Å². The summed E-state index contributed by atoms with van der Waals surface area (Å²) in [7, 11) is 0. The number of nitrogens with one attached hydrogen (secondary N) is 1. The predicted octanol–water partition coefficient (Wildman–Crippen LogP) is 2.96. The van der Waals surface area contributed by atoms with Gasteiger partial charge in [0.2, 0.25) is 0 Å². The van der Waals surface area contributed by atoms with Gasteiger partial charge in [-0.1, -0.05) is 59.5 Å². The van der Waals surface area contributed by atoms with Gasteiger partial charge in [0, 0.05) is 6.04 Å². The predicted molar refractivity (Wildman–Crippen MR) is 85.0 cm³/mol. The Morgan fingerprint density at radius 1 is 1.32 bits per heavy atom. The first-order valence-electron chi connectivity index (χ1n) is 7.59. The standard InChI is InChI=1S/C16H19ClN4O/c1-11-6-8-12(9-7-11)10-21-15(17)14(19-20-21)16(22)18-13-4-2-3-5-13/h6-9,13H,2-5,10H2,1H3,(H,18,22). The lowest BCUT2D eigenvalue weighted by atomic mass is 10.1. The zero-order valence-corrected chi connectivity index (χ0v) is 13.3. The Balaban J connectivity index is 1.70. The van der Waals surface area contributed by atoms with Crippen LogP contribution >= 0.6 is 11.6 Å². The van der Waals surface area contributed by atoms with Crippen LogP contribution in [0.15, 0.2) is 24.3 Å².